The highest BCUT2D eigenvalue weighted by atomic mass is 19.2. The van der Waals surface area contributed by atoms with Crippen molar-refractivity contribution in [1.29, 1.82) is 0 Å². The van der Waals surface area contributed by atoms with Gasteiger partial charge >= 0.3 is 6.16 Å². The zero-order valence-electron chi connectivity index (χ0n) is 8.73. The number of rotatable bonds is 3. The van der Waals surface area contributed by atoms with E-state index in [0.29, 0.717) is 6.07 Å². The highest BCUT2D eigenvalue weighted by Gasteiger charge is 2.19. The van der Waals surface area contributed by atoms with Crippen LogP contribution in [-0.4, -0.2) is 12.8 Å². The molecule has 0 aliphatic rings. The smallest absolute Gasteiger partial charge is 0.435 e. The minimum Gasteiger partial charge on any atom is -0.435 e. The normalized spacial score (nSPS) is 10.2. The molecule has 0 aromatic heterocycles. The summed E-state index contributed by atoms with van der Waals surface area (Å²) in [7, 11) is 0. The average Bonchev–Trinajstić information content (AvgIpc) is 2.30. The quantitative estimate of drug-likeness (QED) is 0.359. The van der Waals surface area contributed by atoms with Gasteiger partial charge in [-0.3, -0.25) is 0 Å². The van der Waals surface area contributed by atoms with Crippen molar-refractivity contribution in [2.24, 2.45) is 0 Å². The van der Waals surface area contributed by atoms with E-state index in [4.69, 9.17) is 0 Å². The predicted molar refractivity (Wildman–Crippen MR) is 48.1 cm³/mol. The van der Waals surface area contributed by atoms with E-state index < -0.39 is 41.6 Å². The van der Waals surface area contributed by atoms with Gasteiger partial charge in [-0.05, 0) is 13.0 Å². The topological polar surface area (TPSA) is 35.5 Å². The molecular weight excluding hydrogens is 244 g/mol. The van der Waals surface area contributed by atoms with Crippen LogP contribution in [0, 0.1) is 23.3 Å². The summed E-state index contributed by atoms with van der Waals surface area (Å²) in [6, 6.07) is 0.410. The average molecular weight is 252 g/mol. The lowest BCUT2D eigenvalue weighted by Gasteiger charge is -2.07. The minimum absolute atomic E-state index is 0.0352. The number of hydrogen-bond acceptors (Lipinski definition) is 3. The number of hydrogen-bond donors (Lipinski definition) is 0. The molecule has 94 valence electrons. The second-order valence-electron chi connectivity index (χ2n) is 2.93. The molecule has 0 saturated heterocycles. The fraction of sp³-hybridized carbons (Fsp3) is 0.300. The van der Waals surface area contributed by atoms with Crippen LogP contribution >= 0.6 is 0 Å². The highest BCUT2D eigenvalue weighted by Crippen LogP contribution is 2.19. The monoisotopic (exact) mass is 252 g/mol. The summed E-state index contributed by atoms with van der Waals surface area (Å²) in [5.41, 5.74) is -0.616. The van der Waals surface area contributed by atoms with E-state index in [1.54, 1.807) is 0 Å². The predicted octanol–water partition coefficient (Wildman–Crippen LogP) is 2.92. The Bertz CT molecular complexity index is 434. The maximum atomic E-state index is 13.1. The third kappa shape index (κ3) is 3.08. The molecule has 7 heteroatoms. The third-order valence-electron chi connectivity index (χ3n) is 1.79. The number of ether oxygens (including phenoxy) is 2. The fourth-order valence-corrected chi connectivity index (χ4v) is 1.02. The first-order valence-corrected chi connectivity index (χ1v) is 4.58. The molecule has 1 rings (SSSR count). The van der Waals surface area contributed by atoms with Gasteiger partial charge in [-0.2, -0.15) is 0 Å². The molecule has 0 fully saturated rings. The van der Waals surface area contributed by atoms with Gasteiger partial charge in [-0.15, -0.1) is 0 Å². The van der Waals surface area contributed by atoms with Crippen molar-refractivity contribution in [2.75, 3.05) is 6.61 Å². The maximum Gasteiger partial charge on any atom is 0.508 e. The molecule has 3 nitrogen and oxygen atoms in total. The van der Waals surface area contributed by atoms with Crippen molar-refractivity contribution >= 4 is 6.16 Å². The van der Waals surface area contributed by atoms with Crippen LogP contribution in [-0.2, 0) is 16.1 Å². The fourth-order valence-electron chi connectivity index (χ4n) is 1.02. The summed E-state index contributed by atoms with van der Waals surface area (Å²) in [6.07, 6.45) is -1.11. The van der Waals surface area contributed by atoms with Crippen LogP contribution in [0.4, 0.5) is 22.4 Å². The van der Waals surface area contributed by atoms with Crippen LogP contribution in [0.15, 0.2) is 6.07 Å². The van der Waals surface area contributed by atoms with Crippen LogP contribution in [0.3, 0.4) is 0 Å². The Kier molecular flexibility index (Phi) is 4.30. The van der Waals surface area contributed by atoms with Gasteiger partial charge in [0.2, 0.25) is 0 Å². The molecular formula is C10H8F4O3. The third-order valence-corrected chi connectivity index (χ3v) is 1.79. The van der Waals surface area contributed by atoms with E-state index >= 15 is 0 Å². The van der Waals surface area contributed by atoms with Crippen LogP contribution in [0.25, 0.3) is 0 Å². The Morgan fingerprint density at radius 1 is 1.12 bits per heavy atom. The Morgan fingerprint density at radius 2 is 1.76 bits per heavy atom. The van der Waals surface area contributed by atoms with Crippen molar-refractivity contribution in [2.45, 2.75) is 13.5 Å². The summed E-state index contributed by atoms with van der Waals surface area (Å²) in [6.45, 7) is 0.797. The minimum atomic E-state index is -1.95. The maximum absolute atomic E-state index is 13.1. The van der Waals surface area contributed by atoms with E-state index in [1.807, 2.05) is 0 Å². The van der Waals surface area contributed by atoms with Gasteiger partial charge in [0.05, 0.1) is 6.61 Å². The van der Waals surface area contributed by atoms with E-state index in [2.05, 4.69) is 9.47 Å². The lowest BCUT2D eigenvalue weighted by atomic mass is 10.2. The first-order chi connectivity index (χ1) is 7.97. The number of benzene rings is 1. The first-order valence-electron chi connectivity index (χ1n) is 4.58. The summed E-state index contributed by atoms with van der Waals surface area (Å²) in [5.74, 6) is -7.03. The van der Waals surface area contributed by atoms with Gasteiger partial charge < -0.3 is 9.47 Å². The van der Waals surface area contributed by atoms with Gasteiger partial charge in [0.1, 0.15) is 6.61 Å². The van der Waals surface area contributed by atoms with Crippen molar-refractivity contribution < 1.29 is 31.8 Å². The lowest BCUT2D eigenvalue weighted by Crippen LogP contribution is -2.09. The Balaban J connectivity index is 2.82. The molecule has 0 heterocycles. The Morgan fingerprint density at radius 3 is 2.35 bits per heavy atom. The molecule has 0 atom stereocenters. The van der Waals surface area contributed by atoms with E-state index in [1.165, 1.54) is 6.92 Å². The Hall–Kier alpha value is -1.79. The first kappa shape index (κ1) is 13.3. The SMILES string of the molecule is CCOC(=O)OCc1cc(F)c(F)c(F)c1F. The standard InChI is InChI=1S/C10H8F4O3/c1-2-16-10(15)17-4-5-3-6(11)8(13)9(14)7(5)12/h3H,2,4H2,1H3. The summed E-state index contributed by atoms with van der Waals surface area (Å²) < 4.78 is 59.8. The van der Waals surface area contributed by atoms with Gasteiger partial charge in [-0.25, -0.2) is 22.4 Å². The van der Waals surface area contributed by atoms with Crippen molar-refractivity contribution in [1.82, 2.24) is 0 Å². The van der Waals surface area contributed by atoms with Crippen LogP contribution in [0.1, 0.15) is 12.5 Å². The van der Waals surface area contributed by atoms with Crippen molar-refractivity contribution in [3.05, 3.63) is 34.9 Å². The van der Waals surface area contributed by atoms with Crippen molar-refractivity contribution in [3.8, 4) is 0 Å². The number of carbonyl (C=O) groups excluding carboxylic acids is 1. The van der Waals surface area contributed by atoms with E-state index in [0.717, 1.165) is 0 Å². The second kappa shape index (κ2) is 5.51. The second-order valence-corrected chi connectivity index (χ2v) is 2.93. The van der Waals surface area contributed by atoms with Crippen LogP contribution in [0.5, 0.6) is 0 Å². The molecule has 0 N–H and O–H groups in total. The summed E-state index contributed by atoms with van der Waals surface area (Å²) in [4.78, 5) is 10.7. The zero-order valence-corrected chi connectivity index (χ0v) is 8.73. The number of halogens is 4. The van der Waals surface area contributed by atoms with Gasteiger partial charge in [0.15, 0.2) is 23.3 Å². The van der Waals surface area contributed by atoms with Crippen LogP contribution < -0.4 is 0 Å². The van der Waals surface area contributed by atoms with Gasteiger partial charge in [0, 0.05) is 5.56 Å². The molecule has 0 bridgehead atoms. The highest BCUT2D eigenvalue weighted by molar-refractivity contribution is 5.59. The molecule has 0 amide bonds. The Labute approximate surface area is 93.9 Å². The molecule has 0 aliphatic carbocycles. The van der Waals surface area contributed by atoms with E-state index in [9.17, 15) is 22.4 Å². The molecule has 1 aromatic carbocycles. The largest absolute Gasteiger partial charge is 0.508 e. The number of carbonyl (C=O) groups is 1. The van der Waals surface area contributed by atoms with Crippen molar-refractivity contribution in [3.63, 3.8) is 0 Å². The molecule has 1 aromatic rings. The van der Waals surface area contributed by atoms with Crippen LogP contribution in [0.2, 0.25) is 0 Å². The zero-order chi connectivity index (χ0) is 13.0. The molecule has 0 spiro atoms. The molecule has 0 unspecified atom stereocenters. The van der Waals surface area contributed by atoms with Gasteiger partial charge in [-0.1, -0.05) is 0 Å². The van der Waals surface area contributed by atoms with Gasteiger partial charge in [0.25, 0.3) is 0 Å². The molecule has 17 heavy (non-hydrogen) atoms. The van der Waals surface area contributed by atoms with E-state index in [-0.39, 0.29) is 6.61 Å². The molecule has 0 radical (unpaired) electrons. The summed E-state index contributed by atoms with van der Waals surface area (Å²) in [5, 5.41) is 0. The lowest BCUT2D eigenvalue weighted by molar-refractivity contribution is 0.0526. The molecule has 0 aliphatic heterocycles. The summed E-state index contributed by atoms with van der Waals surface area (Å²) >= 11 is 0. The molecule has 0 saturated carbocycles.